The van der Waals surface area contributed by atoms with Gasteiger partial charge < -0.3 is 19.6 Å². The predicted molar refractivity (Wildman–Crippen MR) is 116 cm³/mol. The highest BCUT2D eigenvalue weighted by molar-refractivity contribution is 5.88. The van der Waals surface area contributed by atoms with Crippen molar-refractivity contribution in [2.45, 2.75) is 30.8 Å². The van der Waals surface area contributed by atoms with Gasteiger partial charge in [-0.15, -0.1) is 0 Å². The maximum Gasteiger partial charge on any atom is 0.242 e. The van der Waals surface area contributed by atoms with E-state index in [4.69, 9.17) is 4.74 Å². The molecule has 3 aliphatic rings. The van der Waals surface area contributed by atoms with Crippen molar-refractivity contribution in [2.75, 3.05) is 32.9 Å². The summed E-state index contributed by atoms with van der Waals surface area (Å²) in [6.07, 6.45) is 1.39. The number of carbonyl (C=O) groups excluding carboxylic acids is 2. The van der Waals surface area contributed by atoms with Crippen molar-refractivity contribution >= 4 is 11.8 Å². The molecule has 0 saturated carbocycles. The minimum Gasteiger partial charge on any atom is -0.394 e. The van der Waals surface area contributed by atoms with Crippen LogP contribution in [-0.2, 0) is 14.3 Å². The highest BCUT2D eigenvalue weighted by Crippen LogP contribution is 2.43. The van der Waals surface area contributed by atoms with E-state index in [0.717, 1.165) is 11.1 Å². The molecule has 5 rings (SSSR count). The summed E-state index contributed by atoms with van der Waals surface area (Å²) < 4.78 is 19.5. The normalized spacial score (nSPS) is 25.9. The second kappa shape index (κ2) is 8.64. The molecule has 0 aliphatic carbocycles. The lowest BCUT2D eigenvalue weighted by Gasteiger charge is -2.59. The summed E-state index contributed by atoms with van der Waals surface area (Å²) in [4.78, 5) is 29.3. The molecule has 3 saturated heterocycles. The van der Waals surface area contributed by atoms with Crippen LogP contribution in [0.5, 0.6) is 0 Å². The van der Waals surface area contributed by atoms with E-state index in [0.29, 0.717) is 38.2 Å². The number of fused-ring (bicyclic) bond motifs is 1. The zero-order valence-electron chi connectivity index (χ0n) is 17.8. The van der Waals surface area contributed by atoms with Crippen molar-refractivity contribution in [1.29, 1.82) is 0 Å². The Kier molecular flexibility index (Phi) is 5.69. The first-order valence-corrected chi connectivity index (χ1v) is 11.2. The van der Waals surface area contributed by atoms with Gasteiger partial charge in [-0.1, -0.05) is 42.5 Å². The zero-order valence-corrected chi connectivity index (χ0v) is 17.8. The second-order valence-corrected chi connectivity index (χ2v) is 8.85. The first kappa shape index (κ1) is 21.1. The molecule has 2 aromatic rings. The van der Waals surface area contributed by atoms with Crippen LogP contribution < -0.4 is 0 Å². The minimum atomic E-state index is -0.299. The van der Waals surface area contributed by atoms with Gasteiger partial charge in [-0.05, 0) is 30.0 Å². The number of benzene rings is 2. The average molecular weight is 438 g/mol. The molecule has 3 atom stereocenters. The lowest BCUT2D eigenvalue weighted by molar-refractivity contribution is -0.169. The fourth-order valence-corrected chi connectivity index (χ4v) is 5.45. The number of hydrogen-bond donors (Lipinski definition) is 1. The maximum absolute atomic E-state index is 14.1. The molecule has 0 spiro atoms. The molecule has 6 nitrogen and oxygen atoms in total. The van der Waals surface area contributed by atoms with Crippen molar-refractivity contribution in [3.63, 3.8) is 0 Å². The molecule has 3 fully saturated rings. The first-order valence-electron chi connectivity index (χ1n) is 11.2. The fourth-order valence-electron chi connectivity index (χ4n) is 5.45. The van der Waals surface area contributed by atoms with Crippen LogP contribution >= 0.6 is 0 Å². The van der Waals surface area contributed by atoms with Gasteiger partial charge in [-0.2, -0.15) is 0 Å². The molecule has 3 aliphatic heterocycles. The molecule has 3 heterocycles. The smallest absolute Gasteiger partial charge is 0.242 e. The molecule has 32 heavy (non-hydrogen) atoms. The summed E-state index contributed by atoms with van der Waals surface area (Å²) in [5.41, 5.74) is 2.30. The van der Waals surface area contributed by atoms with Gasteiger partial charge >= 0.3 is 0 Å². The Labute approximate surface area is 186 Å². The topological polar surface area (TPSA) is 70.1 Å². The van der Waals surface area contributed by atoms with E-state index in [1.807, 2.05) is 24.3 Å². The Balaban J connectivity index is 1.36. The van der Waals surface area contributed by atoms with Crippen molar-refractivity contribution in [3.8, 4) is 11.1 Å². The Bertz CT molecular complexity index is 1010. The van der Waals surface area contributed by atoms with Gasteiger partial charge in [-0.25, -0.2) is 4.39 Å². The van der Waals surface area contributed by atoms with Crippen LogP contribution in [0.1, 0.15) is 24.3 Å². The van der Waals surface area contributed by atoms with Gasteiger partial charge in [0.15, 0.2) is 0 Å². The van der Waals surface area contributed by atoms with Crippen molar-refractivity contribution < 1.29 is 23.8 Å². The van der Waals surface area contributed by atoms with E-state index in [-0.39, 0.29) is 54.7 Å². The van der Waals surface area contributed by atoms with Crippen molar-refractivity contribution in [2.24, 2.45) is 5.92 Å². The number of carbonyl (C=O) groups is 2. The van der Waals surface area contributed by atoms with Crippen LogP contribution in [0.3, 0.4) is 0 Å². The van der Waals surface area contributed by atoms with Gasteiger partial charge in [0.05, 0.1) is 25.2 Å². The molecule has 2 aromatic carbocycles. The molecule has 0 unspecified atom stereocenters. The lowest BCUT2D eigenvalue weighted by atomic mass is 9.73. The Morgan fingerprint density at radius 2 is 1.81 bits per heavy atom. The van der Waals surface area contributed by atoms with Gasteiger partial charge in [-0.3, -0.25) is 9.59 Å². The number of aliphatic hydroxyl groups excluding tert-OH is 1. The number of halogens is 1. The van der Waals surface area contributed by atoms with E-state index in [9.17, 15) is 19.1 Å². The maximum atomic E-state index is 14.1. The predicted octanol–water partition coefficient (Wildman–Crippen LogP) is 2.42. The van der Waals surface area contributed by atoms with Crippen LogP contribution in [0.4, 0.5) is 4.39 Å². The third kappa shape index (κ3) is 3.59. The molecular formula is C25H27FN2O4. The summed E-state index contributed by atoms with van der Waals surface area (Å²) in [5.74, 6) is -0.509. The van der Waals surface area contributed by atoms with Crippen molar-refractivity contribution in [1.82, 2.24) is 9.80 Å². The van der Waals surface area contributed by atoms with Crippen LogP contribution in [0.25, 0.3) is 11.1 Å². The SMILES string of the molecule is O=C(C1CCOCC1)N1CC(=O)N2[C@H](C1)[C@@H](c1ccc(-c3ccccc3F)cc1)[C@@H]2CO. The average Bonchev–Trinajstić information content (AvgIpc) is 2.81. The van der Waals surface area contributed by atoms with Crippen molar-refractivity contribution in [3.05, 3.63) is 59.9 Å². The van der Waals surface area contributed by atoms with Gasteiger partial charge in [0, 0.05) is 37.2 Å². The third-order valence-electron chi connectivity index (χ3n) is 7.11. The highest BCUT2D eigenvalue weighted by Gasteiger charge is 2.54. The number of hydrogen-bond acceptors (Lipinski definition) is 4. The number of aliphatic hydroxyl groups is 1. The van der Waals surface area contributed by atoms with Crippen LogP contribution in [0, 0.1) is 11.7 Å². The quantitative estimate of drug-likeness (QED) is 0.796. The number of rotatable bonds is 4. The summed E-state index contributed by atoms with van der Waals surface area (Å²) in [6.45, 7) is 1.57. The summed E-state index contributed by atoms with van der Waals surface area (Å²) in [5, 5.41) is 9.98. The number of nitrogens with zero attached hydrogens (tertiary/aromatic N) is 2. The van der Waals surface area contributed by atoms with Gasteiger partial charge in [0.1, 0.15) is 5.82 Å². The van der Waals surface area contributed by atoms with E-state index >= 15 is 0 Å². The van der Waals surface area contributed by atoms with Gasteiger partial charge in [0.2, 0.25) is 11.8 Å². The number of piperazine rings is 1. The second-order valence-electron chi connectivity index (χ2n) is 8.85. The monoisotopic (exact) mass is 438 g/mol. The lowest BCUT2D eigenvalue weighted by Crippen LogP contribution is -2.73. The van der Waals surface area contributed by atoms with Crippen LogP contribution in [0.2, 0.25) is 0 Å². The highest BCUT2D eigenvalue weighted by atomic mass is 19.1. The van der Waals surface area contributed by atoms with E-state index < -0.39 is 0 Å². The van der Waals surface area contributed by atoms with Crippen LogP contribution in [-0.4, -0.2) is 71.7 Å². The fraction of sp³-hybridized carbons (Fsp3) is 0.440. The Hall–Kier alpha value is -2.77. The number of ether oxygens (including phenoxy) is 1. The zero-order chi connectivity index (χ0) is 22.2. The van der Waals surface area contributed by atoms with E-state index in [1.54, 1.807) is 28.0 Å². The molecule has 1 N–H and O–H groups in total. The van der Waals surface area contributed by atoms with Gasteiger partial charge in [0.25, 0.3) is 0 Å². The summed E-state index contributed by atoms with van der Waals surface area (Å²) in [6, 6.07) is 13.8. The molecule has 0 bridgehead atoms. The largest absolute Gasteiger partial charge is 0.394 e. The van der Waals surface area contributed by atoms with E-state index in [2.05, 4.69) is 0 Å². The Morgan fingerprint density at radius 3 is 2.50 bits per heavy atom. The molecule has 7 heteroatoms. The standard InChI is InChI=1S/C25H27FN2O4/c26-20-4-2-1-3-19(20)16-5-7-17(8-6-16)24-21-13-27(14-23(30)28(21)22(24)15-29)25(31)18-9-11-32-12-10-18/h1-8,18,21-22,24,29H,9-15H2/t21-,22+,24-/m1/s1. The van der Waals surface area contributed by atoms with Crippen LogP contribution in [0.15, 0.2) is 48.5 Å². The molecule has 0 radical (unpaired) electrons. The van der Waals surface area contributed by atoms with E-state index in [1.165, 1.54) is 6.07 Å². The Morgan fingerprint density at radius 1 is 1.09 bits per heavy atom. The summed E-state index contributed by atoms with van der Waals surface area (Å²) >= 11 is 0. The minimum absolute atomic E-state index is 0.0300. The molecule has 0 aromatic heterocycles. The molecule has 2 amide bonds. The molecular weight excluding hydrogens is 411 g/mol. The summed E-state index contributed by atoms with van der Waals surface area (Å²) in [7, 11) is 0. The molecule has 168 valence electrons. The third-order valence-corrected chi connectivity index (χ3v) is 7.11. The first-order chi connectivity index (χ1) is 15.6. The number of amides is 2.